The number of ether oxygens (including phenoxy) is 3. The van der Waals surface area contributed by atoms with Gasteiger partial charge in [0.15, 0.2) is 0 Å². The van der Waals surface area contributed by atoms with Crippen LogP contribution in [0.3, 0.4) is 0 Å². The summed E-state index contributed by atoms with van der Waals surface area (Å²) in [6.45, 7) is 3.75. The monoisotopic (exact) mass is 591 g/mol. The van der Waals surface area contributed by atoms with Gasteiger partial charge in [0, 0.05) is 17.2 Å². The van der Waals surface area contributed by atoms with Gasteiger partial charge in [-0.1, -0.05) is 29.8 Å². The second kappa shape index (κ2) is 11.3. The Labute approximate surface area is 247 Å². The molecule has 8 nitrogen and oxygen atoms in total. The molecule has 0 radical (unpaired) electrons. The smallest absolute Gasteiger partial charge is 0.335 e. The molecule has 0 aliphatic carbocycles. The molecule has 3 aliphatic heterocycles. The number of hydrogen-bond acceptors (Lipinski definition) is 6. The van der Waals surface area contributed by atoms with Crippen molar-refractivity contribution in [2.75, 3.05) is 19.7 Å². The van der Waals surface area contributed by atoms with E-state index in [0.29, 0.717) is 29.4 Å². The predicted octanol–water partition coefficient (Wildman–Crippen LogP) is 6.38. The zero-order valence-electron chi connectivity index (χ0n) is 22.9. The fraction of sp³-hybridized carbons (Fsp3) is 0.375. The topological polar surface area (TPSA) is 86.0 Å². The summed E-state index contributed by atoms with van der Waals surface area (Å²) >= 11 is 5.98. The van der Waals surface area contributed by atoms with E-state index in [1.165, 1.54) is 6.07 Å². The van der Waals surface area contributed by atoms with Gasteiger partial charge in [-0.15, -0.1) is 0 Å². The molecule has 2 fully saturated rings. The zero-order valence-corrected chi connectivity index (χ0v) is 23.7. The number of halogens is 2. The number of imidazole rings is 1. The second-order valence-electron chi connectivity index (χ2n) is 11.3. The van der Waals surface area contributed by atoms with E-state index in [4.69, 9.17) is 30.8 Å². The van der Waals surface area contributed by atoms with E-state index in [1.54, 1.807) is 30.3 Å². The molecule has 4 heterocycles. The van der Waals surface area contributed by atoms with Gasteiger partial charge in [-0.25, -0.2) is 14.2 Å². The van der Waals surface area contributed by atoms with Crippen molar-refractivity contribution in [3.05, 3.63) is 94.0 Å². The van der Waals surface area contributed by atoms with Crippen LogP contribution in [0, 0.1) is 11.7 Å². The lowest BCUT2D eigenvalue weighted by Crippen LogP contribution is -2.38. The molecule has 0 amide bonds. The second-order valence-corrected chi connectivity index (χ2v) is 11.7. The molecule has 1 aromatic heterocycles. The maximum atomic E-state index is 14.8. The minimum absolute atomic E-state index is 0.115. The van der Waals surface area contributed by atoms with E-state index in [0.717, 1.165) is 61.4 Å². The minimum atomic E-state index is -0.953. The lowest BCUT2D eigenvalue weighted by molar-refractivity contribution is -0.168. The van der Waals surface area contributed by atoms with E-state index in [2.05, 4.69) is 9.47 Å². The minimum Gasteiger partial charge on any atom is -0.478 e. The molecule has 3 aliphatic rings. The van der Waals surface area contributed by atoms with Gasteiger partial charge in [0.25, 0.3) is 0 Å². The Bertz CT molecular complexity index is 1630. The van der Waals surface area contributed by atoms with Crippen molar-refractivity contribution in [2.24, 2.45) is 5.92 Å². The summed E-state index contributed by atoms with van der Waals surface area (Å²) in [6, 6.07) is 17.5. The summed E-state index contributed by atoms with van der Waals surface area (Å²) in [5, 5.41) is 9.86. The van der Waals surface area contributed by atoms with Crippen LogP contribution >= 0.6 is 11.6 Å². The van der Waals surface area contributed by atoms with Crippen LogP contribution in [-0.4, -0.2) is 51.3 Å². The fourth-order valence-electron chi connectivity index (χ4n) is 6.24. The van der Waals surface area contributed by atoms with Crippen molar-refractivity contribution in [2.45, 2.75) is 50.8 Å². The molecule has 3 aromatic carbocycles. The first-order chi connectivity index (χ1) is 20.4. The van der Waals surface area contributed by atoms with Gasteiger partial charge in [-0.2, -0.15) is 0 Å². The van der Waals surface area contributed by atoms with Crippen LogP contribution in [0.4, 0.5) is 4.39 Å². The number of nitrogens with zero attached hydrogens (tertiary/aromatic N) is 3. The molecule has 2 unspecified atom stereocenters. The molecule has 7 rings (SSSR count). The van der Waals surface area contributed by atoms with Crippen molar-refractivity contribution in [3.8, 4) is 5.75 Å². The van der Waals surface area contributed by atoms with Crippen LogP contribution in [0.25, 0.3) is 11.0 Å². The van der Waals surface area contributed by atoms with Crippen LogP contribution in [-0.2, 0) is 22.6 Å². The van der Waals surface area contributed by atoms with E-state index >= 15 is 0 Å². The number of aromatic carboxylic acids is 1. The third-order valence-corrected chi connectivity index (χ3v) is 8.86. The van der Waals surface area contributed by atoms with Crippen LogP contribution in [0.1, 0.15) is 59.0 Å². The third-order valence-electron chi connectivity index (χ3n) is 8.63. The first-order valence-electron chi connectivity index (χ1n) is 14.4. The summed E-state index contributed by atoms with van der Waals surface area (Å²) < 4.78 is 35.2. The highest BCUT2D eigenvalue weighted by Crippen LogP contribution is 2.46. The first kappa shape index (κ1) is 27.3. The number of fused-ring (bicyclic) bond motifs is 2. The number of carboxylic acid groups (broad SMARTS) is 1. The largest absolute Gasteiger partial charge is 0.478 e. The highest BCUT2D eigenvalue weighted by atomic mass is 35.5. The number of rotatable bonds is 7. The van der Waals surface area contributed by atoms with Gasteiger partial charge in [0.05, 0.1) is 47.5 Å². The molecule has 3 atom stereocenters. The average molecular weight is 592 g/mol. The molecule has 1 N–H and O–H groups in total. The molecule has 0 saturated carbocycles. The maximum Gasteiger partial charge on any atom is 0.335 e. The Morgan fingerprint density at radius 3 is 2.60 bits per heavy atom. The maximum absolute atomic E-state index is 14.8. The molecular weight excluding hydrogens is 561 g/mol. The van der Waals surface area contributed by atoms with Gasteiger partial charge in [-0.3, -0.25) is 4.90 Å². The number of carbonyl (C=O) groups is 1. The van der Waals surface area contributed by atoms with Crippen molar-refractivity contribution < 1.29 is 28.5 Å². The summed E-state index contributed by atoms with van der Waals surface area (Å²) in [5.41, 5.74) is 3.17. The van der Waals surface area contributed by atoms with E-state index in [9.17, 15) is 14.3 Å². The van der Waals surface area contributed by atoms with Crippen LogP contribution in [0.15, 0.2) is 60.7 Å². The molecule has 2 saturated heterocycles. The highest BCUT2D eigenvalue weighted by molar-refractivity contribution is 6.30. The number of hydrogen-bond donors (Lipinski definition) is 1. The quantitative estimate of drug-likeness (QED) is 0.267. The lowest BCUT2D eigenvalue weighted by atomic mass is 9.86. The van der Waals surface area contributed by atoms with Gasteiger partial charge >= 0.3 is 5.97 Å². The molecular formula is C32H31ClFN3O5. The Balaban J connectivity index is 1.09. The Morgan fingerprint density at radius 1 is 1.05 bits per heavy atom. The van der Waals surface area contributed by atoms with E-state index in [1.807, 2.05) is 24.3 Å². The standard InChI is InChI=1S/C32H31ClFN3O5/c33-21-6-7-23(25(34)16-21)32-41-28-4-2-1-3-24(28)30(42-32)19-9-12-36(13-10-19)18-29-35-26-8-5-20(31(38)39)15-27(26)37(29)17-22-11-14-40-22/h1-8,15-16,19,22,30,32H,9-14,17-18H2,(H,38,39)/t22-,30?,32?/m0/s1. The van der Waals surface area contributed by atoms with Crippen molar-refractivity contribution in [1.29, 1.82) is 0 Å². The Morgan fingerprint density at radius 2 is 1.86 bits per heavy atom. The summed E-state index contributed by atoms with van der Waals surface area (Å²) in [7, 11) is 0. The van der Waals surface area contributed by atoms with Crippen LogP contribution in [0.2, 0.25) is 5.02 Å². The number of benzene rings is 3. The van der Waals surface area contributed by atoms with E-state index in [-0.39, 0.29) is 23.7 Å². The van der Waals surface area contributed by atoms with Gasteiger partial charge in [0.1, 0.15) is 17.4 Å². The number of aromatic nitrogens is 2. The van der Waals surface area contributed by atoms with Gasteiger partial charge in [0.2, 0.25) is 6.29 Å². The first-order valence-corrected chi connectivity index (χ1v) is 14.7. The number of likely N-dealkylation sites (tertiary alicyclic amines) is 1. The van der Waals surface area contributed by atoms with Crippen LogP contribution < -0.4 is 4.74 Å². The SMILES string of the molecule is O=C(O)c1ccc2nc(CN3CCC(C4OC(c5ccc(Cl)cc5F)Oc5ccccc54)CC3)n(C[C@@H]3CCO3)c2c1. The average Bonchev–Trinajstić information content (AvgIpc) is 3.30. The van der Waals surface area contributed by atoms with Crippen molar-refractivity contribution in [1.82, 2.24) is 14.5 Å². The summed E-state index contributed by atoms with van der Waals surface area (Å²) in [4.78, 5) is 18.9. The summed E-state index contributed by atoms with van der Waals surface area (Å²) in [6.07, 6.45) is 1.80. The number of piperidine rings is 1. The van der Waals surface area contributed by atoms with E-state index < -0.39 is 18.1 Å². The highest BCUT2D eigenvalue weighted by Gasteiger charge is 2.37. The Hall–Kier alpha value is -3.50. The van der Waals surface area contributed by atoms with Crippen molar-refractivity contribution >= 4 is 28.6 Å². The fourth-order valence-corrected chi connectivity index (χ4v) is 6.40. The molecule has 4 aromatic rings. The van der Waals surface area contributed by atoms with Crippen LogP contribution in [0.5, 0.6) is 5.75 Å². The number of carboxylic acids is 1. The lowest BCUT2D eigenvalue weighted by Gasteiger charge is -2.40. The molecule has 0 bridgehead atoms. The molecule has 218 valence electrons. The van der Waals surface area contributed by atoms with Crippen molar-refractivity contribution in [3.63, 3.8) is 0 Å². The third kappa shape index (κ3) is 5.26. The molecule has 0 spiro atoms. The normalized spacial score (nSPS) is 22.9. The Kier molecular flexibility index (Phi) is 7.35. The summed E-state index contributed by atoms with van der Waals surface area (Å²) in [5.74, 6) is 0.442. The van der Waals surface area contributed by atoms with Gasteiger partial charge < -0.3 is 23.9 Å². The molecule has 42 heavy (non-hydrogen) atoms. The molecule has 10 heteroatoms. The number of para-hydroxylation sites is 1. The van der Waals surface area contributed by atoms with Gasteiger partial charge in [-0.05, 0) is 80.7 Å². The predicted molar refractivity (Wildman–Crippen MR) is 154 cm³/mol. The zero-order chi connectivity index (χ0) is 28.8.